The second-order valence-electron chi connectivity index (χ2n) is 6.27. The van der Waals surface area contributed by atoms with E-state index in [9.17, 15) is 44.6 Å². The lowest BCUT2D eigenvalue weighted by Crippen LogP contribution is -2.67. The van der Waals surface area contributed by atoms with E-state index in [4.69, 9.17) is 9.47 Å². The number of rotatable bonds is 5. The molecule has 0 saturated carbocycles. The lowest BCUT2D eigenvalue weighted by molar-refractivity contribution is -0.415. The van der Waals surface area contributed by atoms with Gasteiger partial charge in [-0.05, 0) is 27.2 Å². The molecule has 1 N–H and O–H groups in total. The van der Waals surface area contributed by atoms with Crippen molar-refractivity contribution in [3.63, 3.8) is 0 Å². The Hall–Kier alpha value is -0.750. The highest BCUT2D eigenvalue weighted by molar-refractivity contribution is 5.06. The van der Waals surface area contributed by atoms with Crippen molar-refractivity contribution in [2.45, 2.75) is 69.1 Å². The van der Waals surface area contributed by atoms with Crippen LogP contribution in [0, 0.1) is 5.92 Å². The van der Waals surface area contributed by atoms with Crippen LogP contribution in [-0.4, -0.2) is 53.7 Å². The van der Waals surface area contributed by atoms with E-state index in [1.807, 2.05) is 0 Å². The third-order valence-corrected chi connectivity index (χ3v) is 3.80. The molecule has 0 aromatic rings. The van der Waals surface area contributed by atoms with Gasteiger partial charge in [-0.1, -0.05) is 0 Å². The van der Waals surface area contributed by atoms with Crippen LogP contribution in [0.2, 0.25) is 0 Å². The average molecular weight is 392 g/mol. The summed E-state index contributed by atoms with van der Waals surface area (Å²) in [6.07, 6.45) is -12.4. The number of hydrogen-bond acceptors (Lipinski definition) is 3. The molecule has 0 amide bonds. The lowest BCUT2D eigenvalue weighted by atomic mass is 9.78. The minimum atomic E-state index is -7.01. The van der Waals surface area contributed by atoms with Crippen molar-refractivity contribution in [1.82, 2.24) is 0 Å². The van der Waals surface area contributed by atoms with Crippen molar-refractivity contribution >= 4 is 0 Å². The Morgan fingerprint density at radius 3 is 1.88 bits per heavy atom. The van der Waals surface area contributed by atoms with Crippen LogP contribution in [-0.2, 0) is 9.47 Å². The van der Waals surface area contributed by atoms with Gasteiger partial charge in [0.25, 0.3) is 0 Å². The SMILES string of the molecule is CCO[C@@H]1OC(C)(C)CC(C(F)(F)C(F)(F)C(F)(F)C(F)(F)F)C1O. The number of hydrogen-bond donors (Lipinski definition) is 1. The lowest BCUT2D eigenvalue weighted by Gasteiger charge is -2.47. The minimum Gasteiger partial charge on any atom is -0.387 e. The summed E-state index contributed by atoms with van der Waals surface area (Å²) in [7, 11) is 0. The first-order valence-electron chi connectivity index (χ1n) is 7.10. The molecule has 3 nitrogen and oxygen atoms in total. The van der Waals surface area contributed by atoms with Gasteiger partial charge in [-0.15, -0.1) is 0 Å². The summed E-state index contributed by atoms with van der Waals surface area (Å²) >= 11 is 0. The number of alkyl halides is 9. The van der Waals surface area contributed by atoms with Crippen molar-refractivity contribution in [3.8, 4) is 0 Å². The predicted molar refractivity (Wildman–Crippen MR) is 65.6 cm³/mol. The number of ether oxygens (including phenoxy) is 2. The Balaban J connectivity index is 3.34. The molecule has 1 aliphatic rings. The quantitative estimate of drug-likeness (QED) is 0.720. The molecule has 0 spiro atoms. The molecule has 0 aromatic carbocycles. The summed E-state index contributed by atoms with van der Waals surface area (Å²) in [6, 6.07) is 0. The molecule has 150 valence electrons. The maximum absolute atomic E-state index is 14.1. The predicted octanol–water partition coefficient (Wildman–Crippen LogP) is 3.99. The van der Waals surface area contributed by atoms with Gasteiger partial charge >= 0.3 is 23.9 Å². The van der Waals surface area contributed by atoms with E-state index in [1.54, 1.807) is 0 Å². The first-order valence-corrected chi connectivity index (χ1v) is 7.10. The average Bonchev–Trinajstić information content (AvgIpc) is 2.40. The molecule has 1 heterocycles. The van der Waals surface area contributed by atoms with Crippen molar-refractivity contribution in [2.24, 2.45) is 5.92 Å². The molecule has 0 bridgehead atoms. The van der Waals surface area contributed by atoms with Gasteiger partial charge in [0.15, 0.2) is 6.29 Å². The molecule has 0 radical (unpaired) electrons. The van der Waals surface area contributed by atoms with E-state index in [1.165, 1.54) is 6.92 Å². The Labute approximate surface area is 137 Å². The van der Waals surface area contributed by atoms with Crippen LogP contribution >= 0.6 is 0 Å². The van der Waals surface area contributed by atoms with E-state index in [0.29, 0.717) is 0 Å². The molecule has 2 unspecified atom stereocenters. The highest BCUT2D eigenvalue weighted by atomic mass is 19.4. The van der Waals surface area contributed by atoms with E-state index in [0.717, 1.165) is 13.8 Å². The minimum absolute atomic E-state index is 0.217. The molecular weight excluding hydrogens is 375 g/mol. The summed E-state index contributed by atoms with van der Waals surface area (Å²) in [5.74, 6) is -22.7. The van der Waals surface area contributed by atoms with Gasteiger partial charge in [-0.3, -0.25) is 0 Å². The van der Waals surface area contributed by atoms with Gasteiger partial charge in [0.05, 0.1) is 11.5 Å². The fraction of sp³-hybridized carbons (Fsp3) is 1.00. The third-order valence-electron chi connectivity index (χ3n) is 3.80. The van der Waals surface area contributed by atoms with Gasteiger partial charge in [0.2, 0.25) is 0 Å². The van der Waals surface area contributed by atoms with Crippen LogP contribution < -0.4 is 0 Å². The standard InChI is InChI=1S/C13H17F9O3/c1-4-24-8-7(23)6(5-9(2,3)25-8)10(14,15)11(16,17)12(18,19)13(20,21)22/h6-8,23H,4-5H2,1-3H3/t6?,7?,8-/m1/s1. The summed E-state index contributed by atoms with van der Waals surface area (Å²) in [5, 5.41) is 9.77. The van der Waals surface area contributed by atoms with Crippen molar-refractivity contribution in [3.05, 3.63) is 0 Å². The molecule has 0 aromatic heterocycles. The summed E-state index contributed by atoms with van der Waals surface area (Å²) in [4.78, 5) is 0. The van der Waals surface area contributed by atoms with E-state index >= 15 is 0 Å². The zero-order valence-electron chi connectivity index (χ0n) is 13.3. The Morgan fingerprint density at radius 2 is 1.48 bits per heavy atom. The molecular formula is C13H17F9O3. The molecule has 12 heteroatoms. The third kappa shape index (κ3) is 3.70. The fourth-order valence-electron chi connectivity index (χ4n) is 2.53. The van der Waals surface area contributed by atoms with Crippen LogP contribution in [0.5, 0.6) is 0 Å². The first kappa shape index (κ1) is 22.3. The Bertz CT molecular complexity index is 476. The van der Waals surface area contributed by atoms with E-state index in [2.05, 4.69) is 0 Å². The molecule has 1 aliphatic heterocycles. The maximum atomic E-state index is 14.1. The molecule has 1 rings (SSSR count). The van der Waals surface area contributed by atoms with Crippen molar-refractivity contribution in [2.75, 3.05) is 6.61 Å². The van der Waals surface area contributed by atoms with Gasteiger partial charge < -0.3 is 14.6 Å². The van der Waals surface area contributed by atoms with Gasteiger partial charge in [0, 0.05) is 6.61 Å². The second kappa shape index (κ2) is 6.45. The van der Waals surface area contributed by atoms with E-state index < -0.39 is 54.3 Å². The summed E-state index contributed by atoms with van der Waals surface area (Å²) in [6.45, 7) is 3.37. The van der Waals surface area contributed by atoms with Crippen molar-refractivity contribution < 1.29 is 54.1 Å². The Morgan fingerprint density at radius 1 is 1.00 bits per heavy atom. The normalized spacial score (nSPS) is 28.9. The van der Waals surface area contributed by atoms with Crippen LogP contribution in [0.1, 0.15) is 27.2 Å². The molecule has 1 saturated heterocycles. The van der Waals surface area contributed by atoms with Crippen LogP contribution in [0.3, 0.4) is 0 Å². The fourth-order valence-corrected chi connectivity index (χ4v) is 2.53. The van der Waals surface area contributed by atoms with Crippen LogP contribution in [0.15, 0.2) is 0 Å². The molecule has 1 fully saturated rings. The smallest absolute Gasteiger partial charge is 0.387 e. The molecule has 0 aliphatic carbocycles. The zero-order valence-corrected chi connectivity index (χ0v) is 13.3. The van der Waals surface area contributed by atoms with Gasteiger partial charge in [0.1, 0.15) is 6.10 Å². The van der Waals surface area contributed by atoms with Crippen molar-refractivity contribution in [1.29, 1.82) is 0 Å². The topological polar surface area (TPSA) is 38.7 Å². The van der Waals surface area contributed by atoms with E-state index in [-0.39, 0.29) is 6.61 Å². The highest BCUT2D eigenvalue weighted by Crippen LogP contribution is 2.57. The van der Waals surface area contributed by atoms with Crippen LogP contribution in [0.4, 0.5) is 39.5 Å². The number of aliphatic hydroxyl groups excluding tert-OH is 1. The highest BCUT2D eigenvalue weighted by Gasteiger charge is 2.83. The number of aliphatic hydroxyl groups is 1. The number of halogens is 9. The maximum Gasteiger partial charge on any atom is 0.460 e. The summed E-state index contributed by atoms with van der Waals surface area (Å²) in [5.41, 5.74) is -1.64. The van der Waals surface area contributed by atoms with Gasteiger partial charge in [-0.25, -0.2) is 0 Å². The second-order valence-corrected chi connectivity index (χ2v) is 6.27. The monoisotopic (exact) mass is 392 g/mol. The summed E-state index contributed by atoms with van der Waals surface area (Å²) < 4.78 is 128. The van der Waals surface area contributed by atoms with Gasteiger partial charge in [-0.2, -0.15) is 39.5 Å². The molecule has 25 heavy (non-hydrogen) atoms. The Kier molecular flexibility index (Phi) is 5.75. The largest absolute Gasteiger partial charge is 0.460 e. The zero-order chi connectivity index (χ0) is 20.1. The first-order chi connectivity index (χ1) is 10.9. The molecule has 3 atom stereocenters. The van der Waals surface area contributed by atoms with Crippen LogP contribution in [0.25, 0.3) is 0 Å².